The molecule has 0 bridgehead atoms. The highest BCUT2D eigenvalue weighted by atomic mass is 79.9. The van der Waals surface area contributed by atoms with Crippen molar-refractivity contribution in [2.24, 2.45) is 0 Å². The van der Waals surface area contributed by atoms with Crippen LogP contribution in [0.5, 0.6) is 0 Å². The van der Waals surface area contributed by atoms with Crippen LogP contribution in [0.3, 0.4) is 0 Å². The molecule has 1 aliphatic heterocycles. The zero-order valence-corrected chi connectivity index (χ0v) is 18.3. The molecule has 138 valence electrons. The predicted molar refractivity (Wildman–Crippen MR) is 116 cm³/mol. The maximum absolute atomic E-state index is 13.5. The van der Waals surface area contributed by atoms with Gasteiger partial charge in [0.15, 0.2) is 0 Å². The molecule has 0 radical (unpaired) electrons. The molecule has 1 aromatic heterocycles. The van der Waals surface area contributed by atoms with Crippen LogP contribution in [-0.4, -0.2) is 17.2 Å². The molecule has 0 aliphatic carbocycles. The van der Waals surface area contributed by atoms with Gasteiger partial charge < -0.3 is 5.11 Å². The molecule has 27 heavy (non-hydrogen) atoms. The van der Waals surface area contributed by atoms with Crippen LogP contribution < -0.4 is 9.80 Å². The van der Waals surface area contributed by atoms with E-state index >= 15 is 0 Å². The number of carbonyl (C=O) groups excluding carboxylic acids is 1. The summed E-state index contributed by atoms with van der Waals surface area (Å²) in [6, 6.07) is 17.9. The van der Waals surface area contributed by atoms with Gasteiger partial charge in [0.2, 0.25) is 5.72 Å². The molecule has 2 atom stereocenters. The lowest BCUT2D eigenvalue weighted by atomic mass is 10.0. The summed E-state index contributed by atoms with van der Waals surface area (Å²) in [5.74, 6) is 0. The van der Waals surface area contributed by atoms with E-state index in [-0.39, 0.29) is 6.03 Å². The van der Waals surface area contributed by atoms with Crippen molar-refractivity contribution in [2.75, 3.05) is 9.80 Å². The maximum Gasteiger partial charge on any atom is 0.332 e. The fourth-order valence-corrected chi connectivity index (χ4v) is 4.85. The molecule has 2 heterocycles. The van der Waals surface area contributed by atoms with Crippen molar-refractivity contribution in [3.63, 3.8) is 0 Å². The van der Waals surface area contributed by atoms with Gasteiger partial charge in [0.05, 0.1) is 10.9 Å². The quantitative estimate of drug-likeness (QED) is 0.475. The largest absolute Gasteiger partial charge is 0.364 e. The van der Waals surface area contributed by atoms with E-state index in [1.807, 2.05) is 73.0 Å². The van der Waals surface area contributed by atoms with Crippen LogP contribution >= 0.6 is 43.2 Å². The van der Waals surface area contributed by atoms with Gasteiger partial charge in [-0.25, -0.2) is 4.79 Å². The molecule has 0 spiro atoms. The van der Waals surface area contributed by atoms with Gasteiger partial charge in [0.1, 0.15) is 0 Å². The molecule has 4 rings (SSSR count). The molecule has 2 amide bonds. The summed E-state index contributed by atoms with van der Waals surface area (Å²) in [6.45, 7) is 1.87. The average Bonchev–Trinajstić information content (AvgIpc) is 3.25. The van der Waals surface area contributed by atoms with E-state index in [1.165, 1.54) is 16.2 Å². The Labute approximate surface area is 178 Å². The second-order valence-corrected chi connectivity index (χ2v) is 9.10. The number of urea groups is 1. The van der Waals surface area contributed by atoms with Crippen LogP contribution in [-0.2, 0) is 5.72 Å². The van der Waals surface area contributed by atoms with Gasteiger partial charge in [-0.1, -0.05) is 37.9 Å². The van der Waals surface area contributed by atoms with E-state index in [0.29, 0.717) is 5.69 Å². The van der Waals surface area contributed by atoms with Gasteiger partial charge in [0, 0.05) is 20.3 Å². The highest BCUT2D eigenvalue weighted by Crippen LogP contribution is 2.45. The zero-order valence-electron chi connectivity index (χ0n) is 14.3. The topological polar surface area (TPSA) is 43.8 Å². The first kappa shape index (κ1) is 18.7. The number of anilines is 2. The summed E-state index contributed by atoms with van der Waals surface area (Å²) in [5.41, 5.74) is -0.0811. The first-order chi connectivity index (χ1) is 12.9. The second kappa shape index (κ2) is 7.05. The first-order valence-electron chi connectivity index (χ1n) is 8.34. The molecule has 1 aliphatic rings. The number of thiophene rings is 1. The molecule has 1 saturated heterocycles. The number of amides is 2. The number of hydrogen-bond donors (Lipinski definition) is 1. The Morgan fingerprint density at radius 1 is 0.963 bits per heavy atom. The minimum atomic E-state index is -1.47. The van der Waals surface area contributed by atoms with Crippen molar-refractivity contribution in [1.82, 2.24) is 0 Å². The third kappa shape index (κ3) is 3.02. The van der Waals surface area contributed by atoms with Crippen molar-refractivity contribution in [3.8, 4) is 0 Å². The second-order valence-electron chi connectivity index (χ2n) is 6.32. The SMILES string of the molecule is CC1N(c2ccc(Br)cc2)C(=O)N(c2ccc(Br)cc2)C1(O)c1cccs1. The number of halogens is 2. The standard InChI is InChI=1S/C20H16Br2N2O2S/c1-13-20(26,18-3-2-12-27-18)24(17-10-6-15(22)7-11-17)19(25)23(13)16-8-4-14(21)5-9-16/h2-13,26H,1H3. The van der Waals surface area contributed by atoms with Gasteiger partial charge in [0.25, 0.3) is 0 Å². The minimum Gasteiger partial charge on any atom is -0.364 e. The highest BCUT2D eigenvalue weighted by Gasteiger charge is 2.57. The number of rotatable bonds is 3. The molecule has 3 aromatic rings. The number of nitrogens with zero attached hydrogens (tertiary/aromatic N) is 2. The van der Waals surface area contributed by atoms with E-state index in [9.17, 15) is 9.90 Å². The summed E-state index contributed by atoms with van der Waals surface area (Å²) < 4.78 is 1.85. The molecule has 2 aromatic carbocycles. The van der Waals surface area contributed by atoms with Crippen LogP contribution in [0.4, 0.5) is 16.2 Å². The average molecular weight is 508 g/mol. The Hall–Kier alpha value is -1.67. The first-order valence-corrected chi connectivity index (χ1v) is 10.8. The van der Waals surface area contributed by atoms with Crippen LogP contribution in [0.1, 0.15) is 11.8 Å². The molecular weight excluding hydrogens is 492 g/mol. The summed E-state index contributed by atoms with van der Waals surface area (Å²) in [5, 5.41) is 13.7. The van der Waals surface area contributed by atoms with Crippen molar-refractivity contribution in [2.45, 2.75) is 18.7 Å². The zero-order chi connectivity index (χ0) is 19.2. The number of carbonyl (C=O) groups is 1. The minimum absolute atomic E-state index is 0.261. The Bertz CT molecular complexity index is 961. The third-order valence-electron chi connectivity index (χ3n) is 4.78. The van der Waals surface area contributed by atoms with E-state index in [4.69, 9.17) is 0 Å². The lowest BCUT2D eigenvalue weighted by Crippen LogP contribution is -2.47. The molecular formula is C20H16Br2N2O2S. The molecule has 2 unspecified atom stereocenters. The van der Waals surface area contributed by atoms with Crippen molar-refractivity contribution < 1.29 is 9.90 Å². The molecule has 7 heteroatoms. The van der Waals surface area contributed by atoms with E-state index in [1.54, 1.807) is 4.90 Å². The molecule has 1 N–H and O–H groups in total. The van der Waals surface area contributed by atoms with E-state index in [0.717, 1.165) is 19.5 Å². The van der Waals surface area contributed by atoms with E-state index < -0.39 is 11.8 Å². The smallest absolute Gasteiger partial charge is 0.332 e. The number of benzene rings is 2. The molecule has 1 fully saturated rings. The van der Waals surface area contributed by atoms with Gasteiger partial charge >= 0.3 is 6.03 Å². The predicted octanol–water partition coefficient (Wildman–Crippen LogP) is 5.95. The highest BCUT2D eigenvalue weighted by molar-refractivity contribution is 9.10. The van der Waals surface area contributed by atoms with Crippen LogP contribution in [0, 0.1) is 0 Å². The lowest BCUT2D eigenvalue weighted by molar-refractivity contribution is 0.0409. The molecule has 4 nitrogen and oxygen atoms in total. The number of hydrogen-bond acceptors (Lipinski definition) is 3. The van der Waals surface area contributed by atoms with Crippen molar-refractivity contribution in [1.29, 1.82) is 0 Å². The molecule has 0 saturated carbocycles. The van der Waals surface area contributed by atoms with Crippen molar-refractivity contribution >= 4 is 60.6 Å². The Morgan fingerprint density at radius 2 is 1.52 bits per heavy atom. The number of aliphatic hydroxyl groups is 1. The Balaban J connectivity index is 1.87. The fraction of sp³-hybridized carbons (Fsp3) is 0.150. The van der Waals surface area contributed by atoms with E-state index in [2.05, 4.69) is 31.9 Å². The normalized spacial score (nSPS) is 22.5. The van der Waals surface area contributed by atoms with Crippen LogP contribution in [0.25, 0.3) is 0 Å². The van der Waals surface area contributed by atoms with Crippen LogP contribution in [0.2, 0.25) is 0 Å². The summed E-state index contributed by atoms with van der Waals surface area (Å²) in [4.78, 5) is 17.3. The van der Waals surface area contributed by atoms with Crippen molar-refractivity contribution in [3.05, 3.63) is 79.9 Å². The fourth-order valence-electron chi connectivity index (χ4n) is 3.42. The lowest BCUT2D eigenvalue weighted by Gasteiger charge is -2.34. The Morgan fingerprint density at radius 3 is 2.04 bits per heavy atom. The monoisotopic (exact) mass is 506 g/mol. The summed E-state index contributed by atoms with van der Waals surface area (Å²) in [6.07, 6.45) is 0. The van der Waals surface area contributed by atoms with Gasteiger partial charge in [-0.2, -0.15) is 0 Å². The maximum atomic E-state index is 13.5. The summed E-state index contributed by atoms with van der Waals surface area (Å²) >= 11 is 8.29. The van der Waals surface area contributed by atoms with Gasteiger partial charge in [-0.3, -0.25) is 9.80 Å². The van der Waals surface area contributed by atoms with Gasteiger partial charge in [-0.15, -0.1) is 11.3 Å². The van der Waals surface area contributed by atoms with Crippen LogP contribution in [0.15, 0.2) is 75.0 Å². The van der Waals surface area contributed by atoms with Gasteiger partial charge in [-0.05, 0) is 66.9 Å². The summed E-state index contributed by atoms with van der Waals surface area (Å²) in [7, 11) is 0. The third-order valence-corrected chi connectivity index (χ3v) is 6.82. The Kier molecular flexibility index (Phi) is 4.88.